The first-order valence-corrected chi connectivity index (χ1v) is 13.7. The number of fused-ring (bicyclic) bond motifs is 1. The van der Waals surface area contributed by atoms with E-state index >= 15 is 0 Å². The van der Waals surface area contributed by atoms with E-state index in [0.29, 0.717) is 30.2 Å². The first-order valence-electron chi connectivity index (χ1n) is 11.6. The molecule has 37 heavy (non-hydrogen) atoms. The van der Waals surface area contributed by atoms with Crippen LogP contribution in [-0.2, 0) is 32.8 Å². The molecule has 17 heteroatoms. The highest BCUT2D eigenvalue weighted by Crippen LogP contribution is 2.42. The van der Waals surface area contributed by atoms with Gasteiger partial charge in [0.2, 0.25) is 12.1 Å². The molecule has 4 rings (SSSR count). The molecular weight excluding hydrogens is 537 g/mol. The Morgan fingerprint density at radius 1 is 1.41 bits per heavy atom. The number of carbonyl (C=O) groups excluding carboxylic acids is 1. The van der Waals surface area contributed by atoms with Gasteiger partial charge >= 0.3 is 13.8 Å². The van der Waals surface area contributed by atoms with Crippen LogP contribution in [0.3, 0.4) is 0 Å². The highest BCUT2D eigenvalue weighted by atomic mass is 35.5. The number of halogens is 1. The lowest BCUT2D eigenvalue weighted by Gasteiger charge is -2.17. The molecule has 0 amide bonds. The predicted molar refractivity (Wildman–Crippen MR) is 127 cm³/mol. The minimum absolute atomic E-state index is 0.0224. The number of aliphatic hydroxyl groups excluding tert-OH is 1. The molecule has 15 nitrogen and oxygen atoms in total. The maximum atomic E-state index is 12.1. The summed E-state index contributed by atoms with van der Waals surface area (Å²) in [5, 5.41) is 13.8. The molecule has 0 aliphatic carbocycles. The smallest absolute Gasteiger partial charge is 0.432 e. The highest BCUT2D eigenvalue weighted by molar-refractivity contribution is 7.52. The fourth-order valence-electron chi connectivity index (χ4n) is 3.78. The van der Waals surface area contributed by atoms with E-state index in [0.717, 1.165) is 6.42 Å². The second-order valence-electron chi connectivity index (χ2n) is 8.75. The van der Waals surface area contributed by atoms with Crippen LogP contribution in [0.5, 0.6) is 0 Å². The van der Waals surface area contributed by atoms with Gasteiger partial charge in [0.1, 0.15) is 18.7 Å². The summed E-state index contributed by atoms with van der Waals surface area (Å²) in [4.78, 5) is 34.1. The summed E-state index contributed by atoms with van der Waals surface area (Å²) in [6.07, 6.45) is -1.97. The average Bonchev–Trinajstić information content (AvgIpc) is 3.53. The van der Waals surface area contributed by atoms with Gasteiger partial charge in [-0.15, -0.1) is 0 Å². The predicted octanol–water partition coefficient (Wildman–Crippen LogP) is 2.02. The molecule has 4 heterocycles. The first-order chi connectivity index (χ1) is 17.6. The van der Waals surface area contributed by atoms with E-state index in [1.807, 2.05) is 0 Å². The van der Waals surface area contributed by atoms with Crippen molar-refractivity contribution in [2.24, 2.45) is 0 Å². The third-order valence-electron chi connectivity index (χ3n) is 5.48. The number of rotatable bonds is 11. The van der Waals surface area contributed by atoms with Crippen LogP contribution in [0.1, 0.15) is 32.9 Å². The molecule has 2 aromatic rings. The van der Waals surface area contributed by atoms with Crippen molar-refractivity contribution in [1.29, 1.82) is 0 Å². The molecule has 0 radical (unpaired) electrons. The van der Waals surface area contributed by atoms with Crippen molar-refractivity contribution >= 4 is 42.3 Å². The number of ether oxygens (including phenoxy) is 5. The summed E-state index contributed by atoms with van der Waals surface area (Å²) in [7, 11) is -4.23. The lowest BCUT2D eigenvalue weighted by Crippen LogP contribution is -2.26. The summed E-state index contributed by atoms with van der Waals surface area (Å²) in [6.45, 7) is 3.47. The number of nitrogens with one attached hydrogen (secondary N) is 1. The summed E-state index contributed by atoms with van der Waals surface area (Å²) >= 11 is 6.15. The van der Waals surface area contributed by atoms with Gasteiger partial charge in [0.25, 0.3) is 0 Å². The van der Waals surface area contributed by atoms with Crippen LogP contribution in [0.2, 0.25) is 5.28 Å². The molecule has 0 spiro atoms. The maximum Gasteiger partial charge on any atom is 0.510 e. The van der Waals surface area contributed by atoms with Gasteiger partial charge in [0.15, 0.2) is 17.0 Å². The largest absolute Gasteiger partial charge is 0.510 e. The Balaban J connectivity index is 1.30. The van der Waals surface area contributed by atoms with Crippen molar-refractivity contribution in [1.82, 2.24) is 19.5 Å². The number of nitrogens with zero attached hydrogens (tertiary/aromatic N) is 4. The van der Waals surface area contributed by atoms with E-state index in [4.69, 9.17) is 30.5 Å². The minimum atomic E-state index is -4.23. The third kappa shape index (κ3) is 7.48. The zero-order valence-corrected chi connectivity index (χ0v) is 21.8. The van der Waals surface area contributed by atoms with Gasteiger partial charge in [-0.25, -0.2) is 9.78 Å². The average molecular weight is 566 g/mol. The summed E-state index contributed by atoms with van der Waals surface area (Å²) < 4.78 is 44.2. The Bertz CT molecular complexity index is 1130. The quantitative estimate of drug-likeness (QED) is 0.155. The molecule has 5 atom stereocenters. The van der Waals surface area contributed by atoms with E-state index < -0.39 is 51.4 Å². The number of hydrogen-bond acceptors (Lipinski definition) is 13. The monoisotopic (exact) mass is 565 g/mol. The van der Waals surface area contributed by atoms with Crippen LogP contribution in [-0.4, -0.2) is 93.0 Å². The van der Waals surface area contributed by atoms with Gasteiger partial charge in [0, 0.05) is 13.0 Å². The molecule has 0 aromatic carbocycles. The molecule has 2 aliphatic rings. The fourth-order valence-corrected chi connectivity index (χ4v) is 4.58. The minimum Gasteiger partial charge on any atom is -0.432 e. The van der Waals surface area contributed by atoms with Crippen molar-refractivity contribution < 1.29 is 47.6 Å². The number of aromatic nitrogens is 4. The van der Waals surface area contributed by atoms with Gasteiger partial charge in [-0.2, -0.15) is 9.97 Å². The lowest BCUT2D eigenvalue weighted by atomic mass is 10.2. The molecule has 0 bridgehead atoms. The van der Waals surface area contributed by atoms with Gasteiger partial charge < -0.3 is 39.0 Å². The topological polar surface area (TPSA) is 186 Å². The number of hydrogen-bond donors (Lipinski definition) is 3. The van der Waals surface area contributed by atoms with Gasteiger partial charge in [-0.3, -0.25) is 13.7 Å². The normalized spacial score (nSPS) is 25.5. The van der Waals surface area contributed by atoms with Crippen molar-refractivity contribution in [3.63, 3.8) is 0 Å². The second-order valence-corrected chi connectivity index (χ2v) is 10.9. The van der Waals surface area contributed by atoms with Gasteiger partial charge in [-0.1, -0.05) is 0 Å². The van der Waals surface area contributed by atoms with E-state index in [1.54, 1.807) is 18.4 Å². The summed E-state index contributed by atoms with van der Waals surface area (Å²) in [6, 6.07) is 0.0808. The highest BCUT2D eigenvalue weighted by Gasteiger charge is 2.37. The van der Waals surface area contributed by atoms with Crippen LogP contribution in [0.25, 0.3) is 11.2 Å². The van der Waals surface area contributed by atoms with Crippen molar-refractivity contribution in [3.05, 3.63) is 11.6 Å². The Labute approximate surface area is 216 Å². The van der Waals surface area contributed by atoms with Crippen molar-refractivity contribution in [2.75, 3.05) is 38.3 Å². The molecule has 2 fully saturated rings. The molecule has 0 saturated carbocycles. The molecule has 206 valence electrons. The summed E-state index contributed by atoms with van der Waals surface area (Å²) in [5.41, 5.74) is 0.913. The Kier molecular flexibility index (Phi) is 9.19. The third-order valence-corrected chi connectivity index (χ3v) is 6.67. The zero-order chi connectivity index (χ0) is 26.6. The SMILES string of the molecule is CC(C)OC(=O)OCOP(=O)(O)COC[C@H]1O[C@@H](n2cnc3c(N[C@H]4CCOC4)nc(Cl)nc32)C[C@@H]1O. The molecule has 2 aliphatic heterocycles. The van der Waals surface area contributed by atoms with E-state index in [2.05, 4.69) is 29.5 Å². The fraction of sp³-hybridized carbons (Fsp3) is 0.700. The second kappa shape index (κ2) is 12.2. The van der Waals surface area contributed by atoms with Crippen LogP contribution in [0, 0.1) is 0 Å². The Morgan fingerprint density at radius 3 is 2.95 bits per heavy atom. The lowest BCUT2D eigenvalue weighted by molar-refractivity contribution is -0.0581. The Hall–Kier alpha value is -2.10. The Morgan fingerprint density at radius 2 is 2.22 bits per heavy atom. The molecular formula is C20H29ClN5O10P. The molecule has 3 N–H and O–H groups in total. The van der Waals surface area contributed by atoms with Gasteiger partial charge in [0.05, 0.1) is 37.8 Å². The van der Waals surface area contributed by atoms with Crippen LogP contribution >= 0.6 is 19.2 Å². The van der Waals surface area contributed by atoms with E-state index in [-0.39, 0.29) is 24.4 Å². The van der Waals surface area contributed by atoms with Crippen LogP contribution < -0.4 is 5.32 Å². The van der Waals surface area contributed by atoms with Gasteiger partial charge in [-0.05, 0) is 31.9 Å². The number of aliphatic hydroxyl groups is 1. The number of carbonyl (C=O) groups is 1. The van der Waals surface area contributed by atoms with E-state index in [9.17, 15) is 19.4 Å². The molecule has 2 saturated heterocycles. The number of anilines is 1. The maximum absolute atomic E-state index is 12.1. The van der Waals surface area contributed by atoms with Crippen LogP contribution in [0.4, 0.5) is 10.6 Å². The van der Waals surface area contributed by atoms with Crippen LogP contribution in [0.15, 0.2) is 6.33 Å². The zero-order valence-electron chi connectivity index (χ0n) is 20.2. The molecule has 1 unspecified atom stereocenters. The van der Waals surface area contributed by atoms with E-state index in [1.165, 1.54) is 6.33 Å². The van der Waals surface area contributed by atoms with Crippen molar-refractivity contribution in [2.45, 2.75) is 57.3 Å². The van der Waals surface area contributed by atoms with Crippen molar-refractivity contribution in [3.8, 4) is 0 Å². The number of imidazole rings is 1. The summed E-state index contributed by atoms with van der Waals surface area (Å²) in [5.74, 6) is 0.475. The molecule has 2 aromatic heterocycles. The standard InChI is InChI=1S/C20H29ClN5O10P/c1-11(2)35-20(28)33-9-34-37(29,30)10-32-7-14-13(27)5-15(36-14)26-8-22-16-17(23-12-3-4-31-6-12)24-19(21)25-18(16)26/h8,11-15,27H,3-7,9-10H2,1-2H3,(H,29,30)(H,23,24,25)/t12-,13-,14+,15+/m0/s1. The first kappa shape index (κ1) is 27.9.